The van der Waals surface area contributed by atoms with Crippen LogP contribution in [0.2, 0.25) is 0 Å². The minimum absolute atomic E-state index is 0. The van der Waals surface area contributed by atoms with E-state index in [1.807, 2.05) is 30.3 Å². The molecule has 0 saturated heterocycles. The van der Waals surface area contributed by atoms with Crippen LogP contribution in [0.1, 0.15) is 21.8 Å². The van der Waals surface area contributed by atoms with Crippen LogP contribution in [0.25, 0.3) is 11.1 Å². The lowest BCUT2D eigenvalue weighted by atomic mass is 10.1. The van der Waals surface area contributed by atoms with Crippen molar-refractivity contribution in [1.82, 2.24) is 4.98 Å². The van der Waals surface area contributed by atoms with Crippen molar-refractivity contribution in [2.45, 2.75) is 19.4 Å². The summed E-state index contributed by atoms with van der Waals surface area (Å²) in [6.07, 6.45) is 0.680. The smallest absolute Gasteiger partial charge is 0.344 e. The van der Waals surface area contributed by atoms with E-state index < -0.39 is 5.97 Å². The van der Waals surface area contributed by atoms with Crippen LogP contribution >= 0.6 is 12.4 Å². The number of methoxy groups -OCH3 is 1. The van der Waals surface area contributed by atoms with Crippen molar-refractivity contribution in [3.05, 3.63) is 59.5 Å². The van der Waals surface area contributed by atoms with E-state index in [1.54, 1.807) is 19.1 Å². The van der Waals surface area contributed by atoms with E-state index in [9.17, 15) is 4.79 Å². The molecule has 2 N–H and O–H groups in total. The highest BCUT2D eigenvalue weighted by Crippen LogP contribution is 2.29. The minimum atomic E-state index is -0.523. The number of fused-ring (bicyclic) bond motifs is 1. The van der Waals surface area contributed by atoms with Gasteiger partial charge in [0.25, 0.3) is 0 Å². The molecule has 1 aromatic heterocycles. The lowest BCUT2D eigenvalue weighted by Gasteiger charge is -2.15. The van der Waals surface area contributed by atoms with Gasteiger partial charge in [0.1, 0.15) is 23.4 Å². The van der Waals surface area contributed by atoms with Gasteiger partial charge in [0, 0.05) is 13.0 Å². The highest BCUT2D eigenvalue weighted by atomic mass is 35.5. The maximum absolute atomic E-state index is 12.2. The second-order valence-electron chi connectivity index (χ2n) is 5.77. The maximum Gasteiger partial charge on any atom is 0.344 e. The predicted octanol–water partition coefficient (Wildman–Crippen LogP) is 3.29. The molecule has 138 valence electrons. The van der Waals surface area contributed by atoms with Gasteiger partial charge in [-0.25, -0.2) is 9.78 Å². The molecule has 7 heteroatoms. The summed E-state index contributed by atoms with van der Waals surface area (Å²) in [6.45, 7) is 1.98. The first-order chi connectivity index (χ1) is 12.1. The monoisotopic (exact) mass is 376 g/mol. The summed E-state index contributed by atoms with van der Waals surface area (Å²) < 4.78 is 16.1. The summed E-state index contributed by atoms with van der Waals surface area (Å²) in [6, 6.07) is 13.1. The number of esters is 1. The largest absolute Gasteiger partial charge is 0.491 e. The Bertz CT molecular complexity index is 880. The number of benzene rings is 2. The number of hydrogen-bond donors (Lipinski definition) is 1. The Morgan fingerprint density at radius 2 is 1.96 bits per heavy atom. The fourth-order valence-corrected chi connectivity index (χ4v) is 2.68. The van der Waals surface area contributed by atoms with Gasteiger partial charge in [-0.3, -0.25) is 0 Å². The van der Waals surface area contributed by atoms with E-state index in [4.69, 9.17) is 19.6 Å². The predicted molar refractivity (Wildman–Crippen MR) is 101 cm³/mol. The first kappa shape index (κ1) is 19.8. The standard InChI is InChI=1S/C19H20N2O4.ClH/c1-12-21-18-16(25-12)9-8-15(17(18)19(22)23-2)24-11-14(20)10-13-6-4-3-5-7-13;/h3-9,14H,10-11,20H2,1-2H3;1H/t14-;/m1./s1. The van der Waals surface area contributed by atoms with Crippen LogP contribution in [0, 0.1) is 6.92 Å². The molecule has 0 spiro atoms. The number of nitrogens with two attached hydrogens (primary N) is 1. The number of nitrogens with zero attached hydrogens (tertiary/aromatic N) is 1. The zero-order chi connectivity index (χ0) is 17.8. The quantitative estimate of drug-likeness (QED) is 0.664. The van der Waals surface area contributed by atoms with Crippen LogP contribution in [0.5, 0.6) is 5.75 Å². The SMILES string of the molecule is COC(=O)c1c(OC[C@H](N)Cc2ccccc2)ccc2oc(C)nc12.Cl. The van der Waals surface area contributed by atoms with E-state index in [0.717, 1.165) is 5.56 Å². The molecule has 0 aliphatic carbocycles. The van der Waals surface area contributed by atoms with Gasteiger partial charge < -0.3 is 19.6 Å². The highest BCUT2D eigenvalue weighted by molar-refractivity contribution is 6.04. The zero-order valence-electron chi connectivity index (χ0n) is 14.6. The Morgan fingerprint density at radius 1 is 1.23 bits per heavy atom. The van der Waals surface area contributed by atoms with Crippen LogP contribution in [0.4, 0.5) is 0 Å². The third-order valence-electron chi connectivity index (χ3n) is 3.81. The summed E-state index contributed by atoms with van der Waals surface area (Å²) in [5, 5.41) is 0. The summed E-state index contributed by atoms with van der Waals surface area (Å²) in [5.74, 6) is 0.333. The molecule has 2 aromatic carbocycles. The summed E-state index contributed by atoms with van der Waals surface area (Å²) in [5.41, 5.74) is 8.48. The van der Waals surface area contributed by atoms with Gasteiger partial charge in [0.05, 0.1) is 7.11 Å². The second-order valence-corrected chi connectivity index (χ2v) is 5.77. The summed E-state index contributed by atoms with van der Waals surface area (Å²) in [4.78, 5) is 16.4. The Kier molecular flexibility index (Phi) is 6.60. The van der Waals surface area contributed by atoms with Gasteiger partial charge in [0.2, 0.25) is 0 Å². The van der Waals surface area contributed by atoms with Crippen molar-refractivity contribution < 1.29 is 18.7 Å². The lowest BCUT2D eigenvalue weighted by molar-refractivity contribution is 0.0598. The number of carbonyl (C=O) groups is 1. The molecule has 1 heterocycles. The van der Waals surface area contributed by atoms with Gasteiger partial charge in [-0.1, -0.05) is 30.3 Å². The molecular formula is C19H21ClN2O4. The highest BCUT2D eigenvalue weighted by Gasteiger charge is 2.21. The summed E-state index contributed by atoms with van der Waals surface area (Å²) >= 11 is 0. The van der Waals surface area contributed by atoms with Gasteiger partial charge in [0.15, 0.2) is 11.5 Å². The zero-order valence-corrected chi connectivity index (χ0v) is 15.4. The van der Waals surface area contributed by atoms with Crippen LogP contribution in [-0.2, 0) is 11.2 Å². The maximum atomic E-state index is 12.2. The number of halogens is 1. The number of carbonyl (C=O) groups excluding carboxylic acids is 1. The lowest BCUT2D eigenvalue weighted by Crippen LogP contribution is -2.30. The van der Waals surface area contributed by atoms with Crippen molar-refractivity contribution in [1.29, 1.82) is 0 Å². The van der Waals surface area contributed by atoms with Crippen LogP contribution in [-0.4, -0.2) is 30.7 Å². The van der Waals surface area contributed by atoms with Crippen molar-refractivity contribution in [3.8, 4) is 5.75 Å². The molecule has 0 aliphatic rings. The Labute approximate surface area is 157 Å². The number of oxazole rings is 1. The van der Waals surface area contributed by atoms with E-state index in [-0.39, 0.29) is 30.6 Å². The molecule has 0 saturated carbocycles. The fourth-order valence-electron chi connectivity index (χ4n) is 2.68. The van der Waals surface area contributed by atoms with Crippen LogP contribution in [0.3, 0.4) is 0 Å². The third kappa shape index (κ3) is 4.33. The van der Waals surface area contributed by atoms with Crippen molar-refractivity contribution in [2.75, 3.05) is 13.7 Å². The van der Waals surface area contributed by atoms with Crippen LogP contribution < -0.4 is 10.5 Å². The van der Waals surface area contributed by atoms with E-state index in [0.29, 0.717) is 29.2 Å². The van der Waals surface area contributed by atoms with Crippen LogP contribution in [0.15, 0.2) is 46.9 Å². The van der Waals surface area contributed by atoms with Gasteiger partial charge in [-0.2, -0.15) is 0 Å². The molecule has 1 atom stereocenters. The van der Waals surface area contributed by atoms with Crippen molar-refractivity contribution >= 4 is 29.5 Å². The first-order valence-corrected chi connectivity index (χ1v) is 7.99. The average molecular weight is 377 g/mol. The Hall–Kier alpha value is -2.57. The number of ether oxygens (including phenoxy) is 2. The molecule has 0 fully saturated rings. The van der Waals surface area contributed by atoms with E-state index >= 15 is 0 Å². The molecule has 0 unspecified atom stereocenters. The van der Waals surface area contributed by atoms with Gasteiger partial charge in [-0.15, -0.1) is 12.4 Å². The average Bonchev–Trinajstić information content (AvgIpc) is 2.99. The van der Waals surface area contributed by atoms with Gasteiger partial charge in [-0.05, 0) is 24.1 Å². The number of aryl methyl sites for hydroxylation is 1. The topological polar surface area (TPSA) is 87.6 Å². The van der Waals surface area contributed by atoms with Gasteiger partial charge >= 0.3 is 5.97 Å². The Morgan fingerprint density at radius 3 is 2.65 bits per heavy atom. The molecule has 3 rings (SSSR count). The van der Waals surface area contributed by atoms with E-state index in [2.05, 4.69) is 4.98 Å². The summed E-state index contributed by atoms with van der Waals surface area (Å²) in [7, 11) is 1.32. The number of aromatic nitrogens is 1. The van der Waals surface area contributed by atoms with Crippen molar-refractivity contribution in [2.24, 2.45) is 5.73 Å². The molecule has 0 radical (unpaired) electrons. The third-order valence-corrected chi connectivity index (χ3v) is 3.81. The number of rotatable bonds is 6. The molecule has 0 amide bonds. The second kappa shape index (κ2) is 8.69. The molecule has 0 aliphatic heterocycles. The molecule has 26 heavy (non-hydrogen) atoms. The molecule has 3 aromatic rings. The van der Waals surface area contributed by atoms with Crippen molar-refractivity contribution in [3.63, 3.8) is 0 Å². The normalized spacial score (nSPS) is 11.7. The number of hydrogen-bond acceptors (Lipinski definition) is 6. The Balaban J connectivity index is 0.00000243. The molecule has 6 nitrogen and oxygen atoms in total. The van der Waals surface area contributed by atoms with E-state index in [1.165, 1.54) is 7.11 Å². The molecular weight excluding hydrogens is 356 g/mol. The first-order valence-electron chi connectivity index (χ1n) is 7.99. The molecule has 0 bridgehead atoms. The minimum Gasteiger partial charge on any atom is -0.491 e. The fraction of sp³-hybridized carbons (Fsp3) is 0.263.